The number of hydrogen-bond donors (Lipinski definition) is 1. The lowest BCUT2D eigenvalue weighted by atomic mass is 9.85. The fourth-order valence-electron chi connectivity index (χ4n) is 7.88. The Balaban J connectivity index is 1.30. The Bertz CT molecular complexity index is 1590. The fourth-order valence-corrected chi connectivity index (χ4v) is 7.88. The molecule has 3 aromatic rings. The van der Waals surface area contributed by atoms with E-state index in [2.05, 4.69) is 46.1 Å². The van der Waals surface area contributed by atoms with Crippen molar-refractivity contribution in [3.8, 4) is 0 Å². The van der Waals surface area contributed by atoms with E-state index in [1.165, 1.54) is 11.1 Å². The van der Waals surface area contributed by atoms with Crippen LogP contribution in [0.1, 0.15) is 91.6 Å². The van der Waals surface area contributed by atoms with E-state index in [1.807, 2.05) is 38.4 Å². The second-order valence-electron chi connectivity index (χ2n) is 14.9. The molecule has 3 atom stereocenters. The Labute approximate surface area is 284 Å². The first-order chi connectivity index (χ1) is 22.8. The van der Waals surface area contributed by atoms with E-state index in [4.69, 9.17) is 0 Å². The summed E-state index contributed by atoms with van der Waals surface area (Å²) in [6.45, 7) is 14.2. The first-order valence-corrected chi connectivity index (χ1v) is 16.9. The van der Waals surface area contributed by atoms with Crippen molar-refractivity contribution in [3.05, 3.63) is 87.7 Å². The summed E-state index contributed by atoms with van der Waals surface area (Å²) in [7, 11) is 0. The zero-order chi connectivity index (χ0) is 35.9. The van der Waals surface area contributed by atoms with E-state index in [0.29, 0.717) is 25.3 Å². The molecule has 3 unspecified atom stereocenters. The highest BCUT2D eigenvalue weighted by atomic mass is 19.4. The van der Waals surface area contributed by atoms with Crippen molar-refractivity contribution >= 4 is 5.97 Å². The van der Waals surface area contributed by atoms with Crippen molar-refractivity contribution in [2.45, 2.75) is 90.7 Å². The number of carboxylic acids is 1. The molecule has 0 spiro atoms. The van der Waals surface area contributed by atoms with Gasteiger partial charge < -0.3 is 10.0 Å². The third-order valence-corrected chi connectivity index (χ3v) is 10.1. The van der Waals surface area contributed by atoms with Gasteiger partial charge in [0.05, 0.1) is 16.8 Å². The number of nitrogens with zero attached hydrogens (tertiary/aromatic N) is 4. The van der Waals surface area contributed by atoms with E-state index >= 15 is 0 Å². The number of alkyl halides is 6. The van der Waals surface area contributed by atoms with Crippen LogP contribution >= 0.6 is 0 Å². The molecule has 268 valence electrons. The van der Waals surface area contributed by atoms with Crippen LogP contribution in [0.5, 0.6) is 0 Å². The van der Waals surface area contributed by atoms with Crippen molar-refractivity contribution in [3.63, 3.8) is 0 Å². The number of aromatic nitrogens is 2. The Hall–Kier alpha value is -3.38. The molecule has 1 aromatic heterocycles. The molecule has 2 aromatic carbocycles. The Morgan fingerprint density at radius 1 is 0.939 bits per heavy atom. The molecule has 5 rings (SSSR count). The molecule has 1 N–H and O–H groups in total. The lowest BCUT2D eigenvalue weighted by Gasteiger charge is -2.36. The number of likely N-dealkylation sites (tertiary alicyclic amines) is 2. The van der Waals surface area contributed by atoms with Crippen LogP contribution in [0.25, 0.3) is 0 Å². The smallest absolute Gasteiger partial charge is 0.416 e. The standard InChI is InChI=1S/C37H46F6N4O2/c1-6-47-32(19-30(44-47)17-24-15-28(36(38,39)40)18-29(16-24)37(41,42)43)25-10-12-45(13-11-25)20-27-21-46(33(34(48)49)35(3,4)5)22-31(27)26-9-7-8-23(2)14-26/h7-9,14-16,18-19,25,27,31,33H,6,10-13,17,20-22H2,1-5H3,(H,48,49). The molecule has 12 heteroatoms. The van der Waals surface area contributed by atoms with Gasteiger partial charge in [-0.1, -0.05) is 50.6 Å². The predicted molar refractivity (Wildman–Crippen MR) is 175 cm³/mol. The maximum atomic E-state index is 13.4. The van der Waals surface area contributed by atoms with E-state index in [0.717, 1.165) is 50.3 Å². The van der Waals surface area contributed by atoms with E-state index < -0.39 is 40.9 Å². The lowest BCUT2D eigenvalue weighted by Crippen LogP contribution is -2.48. The molecule has 2 fully saturated rings. The molecule has 0 saturated carbocycles. The van der Waals surface area contributed by atoms with Crippen LogP contribution in [-0.4, -0.2) is 69.4 Å². The molecular formula is C37H46F6N4O2. The topological polar surface area (TPSA) is 61.6 Å². The van der Waals surface area contributed by atoms with Gasteiger partial charge in [0.25, 0.3) is 0 Å². The molecule has 0 radical (unpaired) electrons. The van der Waals surface area contributed by atoms with E-state index in [-0.39, 0.29) is 35.8 Å². The average molecular weight is 693 g/mol. The third kappa shape index (κ3) is 8.68. The minimum absolute atomic E-state index is 0.0883. The quantitative estimate of drug-likeness (QED) is 0.229. The summed E-state index contributed by atoms with van der Waals surface area (Å²) in [5, 5.41) is 14.8. The summed E-state index contributed by atoms with van der Waals surface area (Å²) in [6.07, 6.45) is -8.29. The molecule has 2 aliphatic rings. The van der Waals surface area contributed by atoms with Gasteiger partial charge in [-0.2, -0.15) is 31.4 Å². The SMILES string of the molecule is CCn1nc(Cc2cc(C(F)(F)F)cc(C(F)(F)F)c2)cc1C1CCN(CC2CN(C(C(=O)O)C(C)(C)C)CC2c2cccc(C)c2)CC1. The maximum Gasteiger partial charge on any atom is 0.416 e. The lowest BCUT2D eigenvalue weighted by molar-refractivity contribution is -0.147. The van der Waals surface area contributed by atoms with Crippen LogP contribution in [0.2, 0.25) is 0 Å². The van der Waals surface area contributed by atoms with Gasteiger partial charge in [0.2, 0.25) is 0 Å². The first kappa shape index (κ1) is 36.9. The average Bonchev–Trinajstić information content (AvgIpc) is 3.59. The van der Waals surface area contributed by atoms with Crippen molar-refractivity contribution in [2.75, 3.05) is 32.7 Å². The predicted octanol–water partition coefficient (Wildman–Crippen LogP) is 8.23. The highest BCUT2D eigenvalue weighted by Crippen LogP contribution is 2.40. The van der Waals surface area contributed by atoms with Crippen molar-refractivity contribution in [1.29, 1.82) is 0 Å². The Morgan fingerprint density at radius 2 is 1.57 bits per heavy atom. The number of carboxylic acid groups (broad SMARTS) is 1. The molecule has 2 aliphatic heterocycles. The van der Waals surface area contributed by atoms with Crippen LogP contribution in [0.4, 0.5) is 26.3 Å². The normalized spacial score (nSPS) is 21.0. The number of piperidine rings is 1. The fraction of sp³-hybridized carbons (Fsp3) is 0.568. The number of aryl methyl sites for hydroxylation is 2. The van der Waals surface area contributed by atoms with Crippen molar-refractivity contribution < 1.29 is 36.2 Å². The van der Waals surface area contributed by atoms with Crippen LogP contribution < -0.4 is 0 Å². The van der Waals surface area contributed by atoms with Crippen LogP contribution in [0.15, 0.2) is 48.5 Å². The largest absolute Gasteiger partial charge is 0.480 e. The van der Waals surface area contributed by atoms with Gasteiger partial charge in [0.15, 0.2) is 0 Å². The van der Waals surface area contributed by atoms with Gasteiger partial charge >= 0.3 is 18.3 Å². The van der Waals surface area contributed by atoms with E-state index in [9.17, 15) is 36.2 Å². The number of rotatable bonds is 9. The minimum atomic E-state index is -4.90. The number of hydrogen-bond acceptors (Lipinski definition) is 4. The number of benzene rings is 2. The van der Waals surface area contributed by atoms with Crippen molar-refractivity contribution in [1.82, 2.24) is 19.6 Å². The Morgan fingerprint density at radius 3 is 2.10 bits per heavy atom. The number of carbonyl (C=O) groups is 1. The van der Waals surface area contributed by atoms with Crippen LogP contribution in [0, 0.1) is 18.3 Å². The van der Waals surface area contributed by atoms with Crippen LogP contribution in [0.3, 0.4) is 0 Å². The summed E-state index contributed by atoms with van der Waals surface area (Å²) in [5.74, 6) is -0.226. The molecule has 0 bridgehead atoms. The number of halogens is 6. The summed E-state index contributed by atoms with van der Waals surface area (Å²) < 4.78 is 82.5. The highest BCUT2D eigenvalue weighted by Gasteiger charge is 2.45. The van der Waals surface area contributed by atoms with Crippen LogP contribution in [-0.2, 0) is 30.1 Å². The molecule has 0 amide bonds. The maximum absolute atomic E-state index is 13.4. The molecule has 0 aliphatic carbocycles. The first-order valence-electron chi connectivity index (χ1n) is 16.9. The highest BCUT2D eigenvalue weighted by molar-refractivity contribution is 5.74. The number of aliphatic carboxylic acids is 1. The molecular weight excluding hydrogens is 646 g/mol. The Kier molecular flexibility index (Phi) is 10.6. The van der Waals surface area contributed by atoms with Crippen molar-refractivity contribution in [2.24, 2.45) is 11.3 Å². The second kappa shape index (κ2) is 14.1. The van der Waals surface area contributed by atoms with Gasteiger partial charge in [-0.25, -0.2) is 0 Å². The van der Waals surface area contributed by atoms with Gasteiger partial charge in [0.1, 0.15) is 6.04 Å². The zero-order valence-corrected chi connectivity index (χ0v) is 28.7. The third-order valence-electron chi connectivity index (χ3n) is 10.1. The summed E-state index contributed by atoms with van der Waals surface area (Å²) in [4.78, 5) is 17.0. The van der Waals surface area contributed by atoms with Gasteiger partial charge in [-0.15, -0.1) is 0 Å². The molecule has 2 saturated heterocycles. The molecule has 6 nitrogen and oxygen atoms in total. The minimum Gasteiger partial charge on any atom is -0.480 e. The summed E-state index contributed by atoms with van der Waals surface area (Å²) in [6, 6.07) is 11.4. The van der Waals surface area contributed by atoms with Gasteiger partial charge in [-0.05, 0) is 86.5 Å². The summed E-state index contributed by atoms with van der Waals surface area (Å²) in [5.41, 5.74) is 0.599. The van der Waals surface area contributed by atoms with Gasteiger partial charge in [0, 0.05) is 50.1 Å². The van der Waals surface area contributed by atoms with Gasteiger partial charge in [-0.3, -0.25) is 14.4 Å². The molecule has 49 heavy (non-hydrogen) atoms. The van der Waals surface area contributed by atoms with E-state index in [1.54, 1.807) is 0 Å². The second-order valence-corrected chi connectivity index (χ2v) is 14.9. The zero-order valence-electron chi connectivity index (χ0n) is 28.7. The monoisotopic (exact) mass is 692 g/mol. The molecule has 3 heterocycles. The summed E-state index contributed by atoms with van der Waals surface area (Å²) >= 11 is 0.